The topological polar surface area (TPSA) is 75.6 Å². The Kier molecular flexibility index (Phi) is 5.33. The molecular weight excluding hydrogens is 318 g/mol. The first-order valence-corrected chi connectivity index (χ1v) is 8.51. The summed E-state index contributed by atoms with van der Waals surface area (Å²) in [4.78, 5) is 24.1. The Morgan fingerprint density at radius 2 is 1.56 bits per heavy atom. The molecule has 3 rings (SSSR count). The van der Waals surface area contributed by atoms with Crippen LogP contribution in [0.25, 0.3) is 0 Å². The smallest absolute Gasteiger partial charge is 0.307 e. The molecule has 2 aromatic carbocycles. The van der Waals surface area contributed by atoms with Gasteiger partial charge in [0.1, 0.15) is 5.75 Å². The number of aliphatic carboxylic acids is 1. The van der Waals surface area contributed by atoms with E-state index >= 15 is 0 Å². The molecule has 0 aromatic heterocycles. The molecule has 0 aliphatic heterocycles. The molecule has 0 heterocycles. The maximum Gasteiger partial charge on any atom is 0.307 e. The first kappa shape index (κ1) is 17.0. The second kappa shape index (κ2) is 7.83. The van der Waals surface area contributed by atoms with Crippen LogP contribution in [0.5, 0.6) is 11.5 Å². The minimum absolute atomic E-state index is 0.254. The Morgan fingerprint density at radius 1 is 0.920 bits per heavy atom. The van der Waals surface area contributed by atoms with Gasteiger partial charge < -0.3 is 15.2 Å². The lowest BCUT2D eigenvalue weighted by atomic mass is 9.78. The Morgan fingerprint density at radius 3 is 2.28 bits per heavy atom. The number of anilines is 1. The van der Waals surface area contributed by atoms with Gasteiger partial charge in [0.15, 0.2) is 5.75 Å². The van der Waals surface area contributed by atoms with E-state index < -0.39 is 17.8 Å². The Balaban J connectivity index is 1.76. The van der Waals surface area contributed by atoms with Crippen LogP contribution in [0.15, 0.2) is 54.6 Å². The molecule has 0 spiro atoms. The zero-order valence-corrected chi connectivity index (χ0v) is 13.9. The summed E-state index contributed by atoms with van der Waals surface area (Å²) < 4.78 is 5.84. The Labute approximate surface area is 146 Å². The van der Waals surface area contributed by atoms with Gasteiger partial charge in [-0.3, -0.25) is 9.59 Å². The molecule has 5 nitrogen and oxygen atoms in total. The van der Waals surface area contributed by atoms with Crippen LogP contribution in [0.2, 0.25) is 0 Å². The monoisotopic (exact) mass is 339 g/mol. The number of hydrogen-bond acceptors (Lipinski definition) is 3. The van der Waals surface area contributed by atoms with E-state index in [2.05, 4.69) is 5.32 Å². The minimum atomic E-state index is -0.895. The maximum atomic E-state index is 12.7. The quantitative estimate of drug-likeness (QED) is 0.851. The molecule has 0 bridgehead atoms. The molecule has 130 valence electrons. The molecule has 2 N–H and O–H groups in total. The van der Waals surface area contributed by atoms with Crippen LogP contribution in [0.4, 0.5) is 5.69 Å². The lowest BCUT2D eigenvalue weighted by Gasteiger charge is -2.27. The van der Waals surface area contributed by atoms with Crippen molar-refractivity contribution in [2.45, 2.75) is 25.7 Å². The standard InChI is InChI=1S/C20H21NO4/c22-19(15-10-4-5-11-16(15)20(23)24)21-17-12-6-7-13-18(17)25-14-8-2-1-3-9-14/h1-3,6-9,12-13,15-16H,4-5,10-11H2,(H,21,22)(H,23,24)/t15-,16-/m0/s1. The van der Waals surface area contributed by atoms with Gasteiger partial charge in [0.2, 0.25) is 5.91 Å². The summed E-state index contributed by atoms with van der Waals surface area (Å²) in [7, 11) is 0. The predicted octanol–water partition coefficient (Wildman–Crippen LogP) is 4.31. The molecule has 0 radical (unpaired) electrons. The highest BCUT2D eigenvalue weighted by Crippen LogP contribution is 2.33. The van der Waals surface area contributed by atoms with E-state index in [1.807, 2.05) is 42.5 Å². The third kappa shape index (κ3) is 4.18. The predicted molar refractivity (Wildman–Crippen MR) is 94.7 cm³/mol. The van der Waals surface area contributed by atoms with Crippen LogP contribution in [0, 0.1) is 11.8 Å². The first-order valence-electron chi connectivity index (χ1n) is 8.51. The summed E-state index contributed by atoms with van der Waals surface area (Å²) in [6, 6.07) is 16.5. The summed E-state index contributed by atoms with van der Waals surface area (Å²) in [5, 5.41) is 12.2. The fourth-order valence-electron chi connectivity index (χ4n) is 3.24. The average molecular weight is 339 g/mol. The maximum absolute atomic E-state index is 12.7. The molecule has 2 aromatic rings. The number of ether oxygens (including phenoxy) is 1. The average Bonchev–Trinajstić information content (AvgIpc) is 2.64. The number of carboxylic acid groups (broad SMARTS) is 1. The van der Waals surface area contributed by atoms with Crippen molar-refractivity contribution >= 4 is 17.6 Å². The molecule has 0 saturated heterocycles. The SMILES string of the molecule is O=C(O)[C@H]1CCCC[C@@H]1C(=O)Nc1ccccc1Oc1ccccc1. The number of carboxylic acids is 1. The van der Waals surface area contributed by atoms with Crippen LogP contribution < -0.4 is 10.1 Å². The Hall–Kier alpha value is -2.82. The molecule has 2 atom stereocenters. The van der Waals surface area contributed by atoms with Gasteiger partial charge in [0, 0.05) is 0 Å². The molecule has 1 saturated carbocycles. The minimum Gasteiger partial charge on any atom is -0.481 e. The second-order valence-electron chi connectivity index (χ2n) is 6.24. The number of carbonyl (C=O) groups excluding carboxylic acids is 1. The van der Waals surface area contributed by atoms with Gasteiger partial charge in [-0.15, -0.1) is 0 Å². The van der Waals surface area contributed by atoms with Gasteiger partial charge in [-0.05, 0) is 37.1 Å². The third-order valence-corrected chi connectivity index (χ3v) is 4.54. The van der Waals surface area contributed by atoms with Gasteiger partial charge in [-0.1, -0.05) is 43.2 Å². The van der Waals surface area contributed by atoms with Gasteiger partial charge in [0.05, 0.1) is 17.5 Å². The highest BCUT2D eigenvalue weighted by molar-refractivity contribution is 5.96. The third-order valence-electron chi connectivity index (χ3n) is 4.54. The van der Waals surface area contributed by atoms with Crippen LogP contribution >= 0.6 is 0 Å². The highest BCUT2D eigenvalue weighted by Gasteiger charge is 2.35. The van der Waals surface area contributed by atoms with E-state index in [9.17, 15) is 14.7 Å². The molecular formula is C20H21NO4. The molecule has 25 heavy (non-hydrogen) atoms. The summed E-state index contributed by atoms with van der Waals surface area (Å²) in [6.07, 6.45) is 2.89. The number of amides is 1. The van der Waals surface area contributed by atoms with Crippen molar-refractivity contribution in [3.05, 3.63) is 54.6 Å². The summed E-state index contributed by atoms with van der Waals surface area (Å²) in [5.74, 6) is -1.06. The fraction of sp³-hybridized carbons (Fsp3) is 0.300. The van der Waals surface area contributed by atoms with E-state index in [0.29, 0.717) is 30.0 Å². The van der Waals surface area contributed by atoms with E-state index in [0.717, 1.165) is 12.8 Å². The van der Waals surface area contributed by atoms with E-state index in [4.69, 9.17) is 4.74 Å². The fourth-order valence-corrected chi connectivity index (χ4v) is 3.24. The van der Waals surface area contributed by atoms with Crippen molar-refractivity contribution in [2.75, 3.05) is 5.32 Å². The van der Waals surface area contributed by atoms with Crippen molar-refractivity contribution < 1.29 is 19.4 Å². The van der Waals surface area contributed by atoms with E-state index in [1.165, 1.54) is 0 Å². The molecule has 0 unspecified atom stereocenters. The normalized spacial score (nSPS) is 19.8. The molecule has 1 fully saturated rings. The summed E-state index contributed by atoms with van der Waals surface area (Å²) >= 11 is 0. The second-order valence-corrected chi connectivity index (χ2v) is 6.24. The zero-order valence-electron chi connectivity index (χ0n) is 13.9. The number of nitrogens with one attached hydrogen (secondary N) is 1. The van der Waals surface area contributed by atoms with Gasteiger partial charge in [-0.2, -0.15) is 0 Å². The van der Waals surface area contributed by atoms with E-state index in [1.54, 1.807) is 12.1 Å². The lowest BCUT2D eigenvalue weighted by molar-refractivity contribution is -0.147. The van der Waals surface area contributed by atoms with Gasteiger partial charge >= 0.3 is 5.97 Å². The van der Waals surface area contributed by atoms with Crippen molar-refractivity contribution in [1.82, 2.24) is 0 Å². The number of carbonyl (C=O) groups is 2. The van der Waals surface area contributed by atoms with E-state index in [-0.39, 0.29) is 5.91 Å². The lowest BCUT2D eigenvalue weighted by Crippen LogP contribution is -2.36. The number of benzene rings is 2. The van der Waals surface area contributed by atoms with Crippen LogP contribution in [0.1, 0.15) is 25.7 Å². The summed E-state index contributed by atoms with van der Waals surface area (Å²) in [5.41, 5.74) is 0.547. The van der Waals surface area contributed by atoms with Crippen molar-refractivity contribution in [3.63, 3.8) is 0 Å². The first-order chi connectivity index (χ1) is 12.1. The molecule has 5 heteroatoms. The molecule has 1 aliphatic carbocycles. The van der Waals surface area contributed by atoms with Crippen molar-refractivity contribution in [3.8, 4) is 11.5 Å². The molecule has 1 aliphatic rings. The number of hydrogen-bond donors (Lipinski definition) is 2. The Bertz CT molecular complexity index is 744. The van der Waals surface area contributed by atoms with Crippen LogP contribution in [-0.2, 0) is 9.59 Å². The largest absolute Gasteiger partial charge is 0.481 e. The number of rotatable bonds is 5. The van der Waals surface area contributed by atoms with Crippen molar-refractivity contribution in [1.29, 1.82) is 0 Å². The van der Waals surface area contributed by atoms with Crippen LogP contribution in [0.3, 0.4) is 0 Å². The number of para-hydroxylation sites is 3. The van der Waals surface area contributed by atoms with Gasteiger partial charge in [-0.25, -0.2) is 0 Å². The zero-order chi connectivity index (χ0) is 17.6. The molecule has 1 amide bonds. The highest BCUT2D eigenvalue weighted by atomic mass is 16.5. The summed E-state index contributed by atoms with van der Waals surface area (Å²) in [6.45, 7) is 0. The van der Waals surface area contributed by atoms with Crippen molar-refractivity contribution in [2.24, 2.45) is 11.8 Å². The van der Waals surface area contributed by atoms with Crippen LogP contribution in [-0.4, -0.2) is 17.0 Å². The van der Waals surface area contributed by atoms with Gasteiger partial charge in [0.25, 0.3) is 0 Å².